The van der Waals surface area contributed by atoms with Crippen LogP contribution in [-0.2, 0) is 12.4 Å². The second-order valence-corrected chi connectivity index (χ2v) is 20.8. The fourth-order valence-electron chi connectivity index (χ4n) is 11.8. The minimum absolute atomic E-state index is 0.0175. The van der Waals surface area contributed by atoms with Crippen LogP contribution in [0.5, 0.6) is 0 Å². The Morgan fingerprint density at radius 2 is 0.871 bits per heavy atom. The van der Waals surface area contributed by atoms with Crippen molar-refractivity contribution in [3.05, 3.63) is 275 Å². The summed E-state index contributed by atoms with van der Waals surface area (Å²) in [5.41, 5.74) is 11.2. The van der Waals surface area contributed by atoms with Crippen LogP contribution in [0.3, 0.4) is 0 Å². The number of benzene rings is 11. The molecule has 0 radical (unpaired) electrons. The van der Waals surface area contributed by atoms with Gasteiger partial charge in [0, 0.05) is 27.2 Å². The lowest BCUT2D eigenvalue weighted by atomic mass is 9.91. The van der Waals surface area contributed by atoms with Crippen LogP contribution >= 0.6 is 0 Å². The van der Waals surface area contributed by atoms with Crippen molar-refractivity contribution in [3.8, 4) is 90.3 Å². The number of fused-ring (bicyclic) bond motifs is 6. The van der Waals surface area contributed by atoms with Gasteiger partial charge in [0.25, 0.3) is 0 Å². The minimum Gasteiger partial charge on any atom is -0.309 e. The van der Waals surface area contributed by atoms with E-state index in [0.717, 1.165) is 78.8 Å². The Kier molecular flexibility index (Phi) is 12.8. The molecular formula is C73H40F6N6. The molecule has 13 aromatic rings. The van der Waals surface area contributed by atoms with Gasteiger partial charge < -0.3 is 9.13 Å². The molecule has 404 valence electrons. The third kappa shape index (κ3) is 9.35. The van der Waals surface area contributed by atoms with E-state index in [-0.39, 0.29) is 16.8 Å². The zero-order valence-electron chi connectivity index (χ0n) is 44.8. The molecule has 85 heavy (non-hydrogen) atoms. The number of aryl methyl sites for hydroxylation is 1. The number of nitriles is 2. The average Bonchev–Trinajstić information content (AvgIpc) is 1.74. The van der Waals surface area contributed by atoms with Gasteiger partial charge in [-0.3, -0.25) is 0 Å². The average molecular weight is 1120 g/mol. The fraction of sp³-hybridized carbons (Fsp3) is 0.0411. The van der Waals surface area contributed by atoms with Gasteiger partial charge in [-0.05, 0) is 201 Å². The predicted octanol–water partition coefficient (Wildman–Crippen LogP) is 21.1. The van der Waals surface area contributed by atoms with Gasteiger partial charge in [0.15, 0.2) is 11.4 Å². The van der Waals surface area contributed by atoms with Crippen LogP contribution in [0.1, 0.15) is 27.8 Å². The van der Waals surface area contributed by atoms with Crippen molar-refractivity contribution in [2.24, 2.45) is 0 Å². The number of nitrogens with zero attached hydrogens (tertiary/aromatic N) is 6. The maximum atomic E-state index is 15.2. The number of rotatable bonds is 8. The molecule has 13 rings (SSSR count). The highest BCUT2D eigenvalue weighted by molar-refractivity contribution is 6.14. The van der Waals surface area contributed by atoms with Crippen molar-refractivity contribution in [1.29, 1.82) is 10.5 Å². The molecule has 0 amide bonds. The summed E-state index contributed by atoms with van der Waals surface area (Å²) in [6, 6.07) is 69.4. The SMILES string of the molecule is [C-]#[N+]c1cccc(-c2ccc3c(c2)c2cc(-c4cccc(C#N)c4)ccc2n3-c2ccc(-c3c(C)cccc3C(F)(F)F)cc2-c2cc(-n3c4ccc(-c5cccc(C#N)c5)cc4c4cc(-c5cccc(C(F)(F)F)c5)ccc43)ccc2[N+]#[C-])c1. The van der Waals surface area contributed by atoms with Crippen molar-refractivity contribution in [2.75, 3.05) is 0 Å². The molecule has 0 N–H and O–H groups in total. The minimum atomic E-state index is -4.72. The lowest BCUT2D eigenvalue weighted by Gasteiger charge is -2.20. The van der Waals surface area contributed by atoms with Crippen molar-refractivity contribution in [2.45, 2.75) is 19.3 Å². The first-order valence-electron chi connectivity index (χ1n) is 26.8. The Morgan fingerprint density at radius 1 is 0.400 bits per heavy atom. The zero-order chi connectivity index (χ0) is 58.9. The van der Waals surface area contributed by atoms with Gasteiger partial charge in [0.05, 0.1) is 75.3 Å². The molecule has 12 heteroatoms. The van der Waals surface area contributed by atoms with E-state index in [1.165, 1.54) is 12.1 Å². The topological polar surface area (TPSA) is 66.2 Å². The summed E-state index contributed by atoms with van der Waals surface area (Å²) < 4.78 is 92.0. The highest BCUT2D eigenvalue weighted by Crippen LogP contribution is 2.47. The molecule has 0 aliphatic rings. The van der Waals surface area contributed by atoms with Crippen LogP contribution in [0.4, 0.5) is 37.7 Å². The van der Waals surface area contributed by atoms with Crippen LogP contribution in [-0.4, -0.2) is 9.13 Å². The second kappa shape index (κ2) is 20.5. The monoisotopic (exact) mass is 1110 g/mol. The molecule has 0 atom stereocenters. The van der Waals surface area contributed by atoms with Crippen molar-refractivity contribution < 1.29 is 26.3 Å². The predicted molar refractivity (Wildman–Crippen MR) is 324 cm³/mol. The summed E-state index contributed by atoms with van der Waals surface area (Å²) in [6.45, 7) is 18.1. The van der Waals surface area contributed by atoms with E-state index in [1.54, 1.807) is 85.8 Å². The molecular weight excluding hydrogens is 1070 g/mol. The fourth-order valence-corrected chi connectivity index (χ4v) is 11.8. The van der Waals surface area contributed by atoms with Gasteiger partial charge in [0.1, 0.15) is 0 Å². The third-order valence-electron chi connectivity index (χ3n) is 15.8. The molecule has 0 unspecified atom stereocenters. The standard InChI is InChI=1S/C73H40F6N6/c1-43-9-4-18-64(73(77,78)79)71(43)54-23-30-68(85-69-28-21-51(47-13-6-11-45(32-47)42-81)36-62(69)63-38-53(22-29-70(63)85)49-15-8-17-56(34-49)82-2)59(39-54)58-40-57(24-25-65(58)83-3)84-66-26-19-50(46-12-5-10-44(31-46)41-80)35-60(66)61-37-52(20-27-67(61)84)48-14-7-16-55(33-48)72(74,75)76/h4-40H,1H3. The molecule has 0 fully saturated rings. The molecule has 0 bridgehead atoms. The van der Waals surface area contributed by atoms with E-state index >= 15 is 13.2 Å². The molecule has 0 aliphatic carbocycles. The first-order valence-corrected chi connectivity index (χ1v) is 26.8. The molecule has 2 heterocycles. The van der Waals surface area contributed by atoms with Crippen molar-refractivity contribution in [3.63, 3.8) is 0 Å². The maximum Gasteiger partial charge on any atom is 0.417 e. The quantitative estimate of drug-likeness (QED) is 0.112. The number of aromatic nitrogens is 2. The lowest BCUT2D eigenvalue weighted by Crippen LogP contribution is -2.08. The molecule has 11 aromatic carbocycles. The van der Waals surface area contributed by atoms with Crippen LogP contribution in [0.25, 0.3) is 131 Å². The van der Waals surface area contributed by atoms with E-state index in [2.05, 4.69) is 38.5 Å². The highest BCUT2D eigenvalue weighted by atomic mass is 19.4. The van der Waals surface area contributed by atoms with E-state index < -0.39 is 23.5 Å². The van der Waals surface area contributed by atoms with E-state index in [9.17, 15) is 23.7 Å². The highest BCUT2D eigenvalue weighted by Gasteiger charge is 2.35. The van der Waals surface area contributed by atoms with Crippen LogP contribution in [0.2, 0.25) is 0 Å². The summed E-state index contributed by atoms with van der Waals surface area (Å²) >= 11 is 0. The summed E-state index contributed by atoms with van der Waals surface area (Å²) in [4.78, 5) is 7.74. The Balaban J connectivity index is 1.09. The largest absolute Gasteiger partial charge is 0.417 e. The van der Waals surface area contributed by atoms with Gasteiger partial charge in [-0.25, -0.2) is 9.69 Å². The Hall–Kier alpha value is -11.4. The van der Waals surface area contributed by atoms with Gasteiger partial charge in [-0.2, -0.15) is 36.9 Å². The molecule has 6 nitrogen and oxygen atoms in total. The first-order chi connectivity index (χ1) is 41.1. The third-order valence-corrected chi connectivity index (χ3v) is 15.8. The molecule has 0 saturated carbocycles. The first kappa shape index (κ1) is 52.9. The molecule has 0 saturated heterocycles. The van der Waals surface area contributed by atoms with Gasteiger partial charge in [0.2, 0.25) is 0 Å². The van der Waals surface area contributed by atoms with E-state index in [1.807, 2.05) is 108 Å². The maximum absolute atomic E-state index is 15.2. The number of hydrogen-bond donors (Lipinski definition) is 0. The Morgan fingerprint density at radius 3 is 1.38 bits per heavy atom. The lowest BCUT2D eigenvalue weighted by molar-refractivity contribution is -0.138. The molecule has 0 spiro atoms. The van der Waals surface area contributed by atoms with E-state index in [0.29, 0.717) is 72.4 Å². The summed E-state index contributed by atoms with van der Waals surface area (Å²) in [6.07, 6.45) is -9.30. The number of alkyl halides is 6. The number of halogens is 6. The van der Waals surface area contributed by atoms with Gasteiger partial charge in [-0.15, -0.1) is 0 Å². The summed E-state index contributed by atoms with van der Waals surface area (Å²) in [5, 5.41) is 22.8. The molecule has 2 aromatic heterocycles. The normalized spacial score (nSPS) is 11.7. The van der Waals surface area contributed by atoms with Crippen LogP contribution < -0.4 is 0 Å². The summed E-state index contributed by atoms with van der Waals surface area (Å²) in [5.74, 6) is 0. The van der Waals surface area contributed by atoms with Crippen molar-refractivity contribution >= 4 is 55.0 Å². The zero-order valence-corrected chi connectivity index (χ0v) is 44.8. The van der Waals surface area contributed by atoms with E-state index in [4.69, 9.17) is 13.1 Å². The van der Waals surface area contributed by atoms with Crippen LogP contribution in [0.15, 0.2) is 224 Å². The Bertz CT molecular complexity index is 5010. The smallest absolute Gasteiger partial charge is 0.309 e. The Labute approximate surface area is 483 Å². The summed E-state index contributed by atoms with van der Waals surface area (Å²) in [7, 11) is 0. The molecule has 0 aliphatic heterocycles. The second-order valence-electron chi connectivity index (χ2n) is 20.8. The van der Waals surface area contributed by atoms with Gasteiger partial charge >= 0.3 is 12.4 Å². The van der Waals surface area contributed by atoms with Crippen LogP contribution in [0, 0.1) is 42.7 Å². The van der Waals surface area contributed by atoms with Crippen molar-refractivity contribution in [1.82, 2.24) is 9.13 Å². The number of hydrogen-bond acceptors (Lipinski definition) is 2. The van der Waals surface area contributed by atoms with Gasteiger partial charge in [-0.1, -0.05) is 103 Å².